The van der Waals surface area contributed by atoms with Gasteiger partial charge in [0, 0.05) is 48.9 Å². The number of rotatable bonds is 4. The van der Waals surface area contributed by atoms with Crippen LogP contribution in [0.25, 0.3) is 22.1 Å². The Morgan fingerprint density at radius 3 is 2.70 bits per heavy atom. The summed E-state index contributed by atoms with van der Waals surface area (Å²) in [6.07, 6.45) is 4.71. The highest BCUT2D eigenvalue weighted by Crippen LogP contribution is 2.37. The molecule has 2 atom stereocenters. The number of aromatic amines is 1. The second kappa shape index (κ2) is 9.91. The topological polar surface area (TPSA) is 147 Å². The van der Waals surface area contributed by atoms with Gasteiger partial charge in [0.1, 0.15) is 16.9 Å². The van der Waals surface area contributed by atoms with Crippen molar-refractivity contribution in [2.45, 2.75) is 24.3 Å². The molecule has 5 heterocycles. The zero-order valence-electron chi connectivity index (χ0n) is 19.6. The summed E-state index contributed by atoms with van der Waals surface area (Å²) in [4.78, 5) is 47.3. The molecule has 0 spiro atoms. The van der Waals surface area contributed by atoms with Gasteiger partial charge in [0.2, 0.25) is 11.0 Å². The van der Waals surface area contributed by atoms with Crippen molar-refractivity contribution in [2.24, 2.45) is 11.7 Å². The maximum atomic E-state index is 14.7. The van der Waals surface area contributed by atoms with Crippen LogP contribution >= 0.6 is 11.6 Å². The first kappa shape index (κ1) is 24.8. The fraction of sp³-hybridized carbons (Fsp3) is 0.320. The average molecular weight is 527 g/mol. The molecule has 4 aromatic rings. The van der Waals surface area contributed by atoms with Gasteiger partial charge < -0.3 is 25.3 Å². The maximum absolute atomic E-state index is 14.7. The van der Waals surface area contributed by atoms with Gasteiger partial charge in [-0.1, -0.05) is 0 Å². The molecule has 10 nitrogen and oxygen atoms in total. The summed E-state index contributed by atoms with van der Waals surface area (Å²) in [6, 6.07) is 8.15. The van der Waals surface area contributed by atoms with Crippen molar-refractivity contribution in [1.29, 1.82) is 0 Å². The number of nitrogens with zero attached hydrogens (tertiary/aromatic N) is 4. The highest BCUT2D eigenvalue weighted by molar-refractivity contribution is 6.21. The third-order valence-electron chi connectivity index (χ3n) is 6.57. The van der Waals surface area contributed by atoms with Gasteiger partial charge in [-0.15, -0.1) is 11.6 Å². The summed E-state index contributed by atoms with van der Waals surface area (Å²) in [5.41, 5.74) is 5.44. The van der Waals surface area contributed by atoms with E-state index in [1.165, 1.54) is 12.3 Å². The standard InChI is InChI=1S/C17H18ClFN4O3.C8H6N2O/c18-12-7-22(5-8(12)4-20)16-13(19)3-10-14(24)11(17(25)26)6-23(9-1-2-9)15(10)21-16;11-7-4-3-6-2-1-5-9-8(6)10-7/h3,6,8-9,12H,1-2,4-5,7,20H2,(H,25,26);1-5H,(H,9,10,11). The van der Waals surface area contributed by atoms with Gasteiger partial charge in [-0.3, -0.25) is 9.59 Å². The van der Waals surface area contributed by atoms with Gasteiger partial charge in [-0.2, -0.15) is 0 Å². The number of aromatic carboxylic acids is 1. The minimum absolute atomic E-state index is 0.0185. The van der Waals surface area contributed by atoms with Crippen LogP contribution in [0.3, 0.4) is 0 Å². The number of H-pyrrole nitrogens is 1. The lowest BCUT2D eigenvalue weighted by Gasteiger charge is -2.19. The van der Waals surface area contributed by atoms with Gasteiger partial charge in [0.25, 0.3) is 0 Å². The lowest BCUT2D eigenvalue weighted by atomic mass is 10.1. The summed E-state index contributed by atoms with van der Waals surface area (Å²) in [7, 11) is 0. The summed E-state index contributed by atoms with van der Waals surface area (Å²) in [5.74, 6) is -1.84. The lowest BCUT2D eigenvalue weighted by Crippen LogP contribution is -2.26. The zero-order chi connectivity index (χ0) is 26.3. The van der Waals surface area contributed by atoms with Crippen molar-refractivity contribution >= 4 is 45.5 Å². The molecule has 0 bridgehead atoms. The molecule has 1 saturated heterocycles. The van der Waals surface area contributed by atoms with Crippen molar-refractivity contribution in [3.8, 4) is 0 Å². The Bertz CT molecular complexity index is 1620. The Morgan fingerprint density at radius 2 is 2.03 bits per heavy atom. The predicted octanol–water partition coefficient (Wildman–Crippen LogP) is 2.49. The monoisotopic (exact) mass is 526 g/mol. The Morgan fingerprint density at radius 1 is 1.24 bits per heavy atom. The number of anilines is 1. The summed E-state index contributed by atoms with van der Waals surface area (Å²) < 4.78 is 16.4. The van der Waals surface area contributed by atoms with Gasteiger partial charge in [0.15, 0.2) is 11.6 Å². The molecule has 0 radical (unpaired) electrons. The number of carbonyl (C=O) groups is 1. The summed E-state index contributed by atoms with van der Waals surface area (Å²) in [5, 5.41) is 10.0. The summed E-state index contributed by atoms with van der Waals surface area (Å²) >= 11 is 6.27. The Hall–Kier alpha value is -3.83. The number of fused-ring (bicyclic) bond motifs is 2. The van der Waals surface area contributed by atoms with E-state index in [4.69, 9.17) is 17.3 Å². The van der Waals surface area contributed by atoms with Crippen molar-refractivity contribution in [1.82, 2.24) is 19.5 Å². The largest absolute Gasteiger partial charge is 0.477 e. The van der Waals surface area contributed by atoms with Gasteiger partial charge in [0.05, 0.1) is 10.8 Å². The number of aromatic nitrogens is 4. The Kier molecular flexibility index (Phi) is 6.65. The molecule has 2 unspecified atom stereocenters. The molecule has 2 aliphatic rings. The zero-order valence-corrected chi connectivity index (χ0v) is 20.4. The van der Waals surface area contributed by atoms with Crippen LogP contribution in [0.15, 0.2) is 52.3 Å². The van der Waals surface area contributed by atoms with Crippen molar-refractivity contribution < 1.29 is 14.3 Å². The van der Waals surface area contributed by atoms with Gasteiger partial charge >= 0.3 is 5.97 Å². The normalized spacial score (nSPS) is 19.2. The minimum Gasteiger partial charge on any atom is -0.477 e. The molecule has 37 heavy (non-hydrogen) atoms. The van der Waals surface area contributed by atoms with Crippen LogP contribution < -0.4 is 21.6 Å². The number of carboxylic acids is 1. The van der Waals surface area contributed by atoms with E-state index in [9.17, 15) is 23.9 Å². The number of pyridine rings is 4. The third-order valence-corrected chi connectivity index (χ3v) is 7.06. The fourth-order valence-electron chi connectivity index (χ4n) is 4.45. The fourth-order valence-corrected chi connectivity index (χ4v) is 4.80. The molecule has 4 N–H and O–H groups in total. The second-order valence-corrected chi connectivity index (χ2v) is 9.72. The Balaban J connectivity index is 0.000000212. The van der Waals surface area contributed by atoms with E-state index < -0.39 is 17.2 Å². The van der Waals surface area contributed by atoms with E-state index in [0.29, 0.717) is 30.9 Å². The SMILES string of the molecule is NCC1CN(c2nc3c(cc2F)c(=O)c(C(=O)O)cn3C2CC2)CC1Cl.O=c1ccc2cccnc2[nH]1. The molecular weight excluding hydrogens is 503 g/mol. The molecule has 0 amide bonds. The van der Waals surface area contributed by atoms with E-state index in [0.717, 1.165) is 24.3 Å². The minimum atomic E-state index is -1.33. The molecule has 6 rings (SSSR count). The average Bonchev–Trinajstić information content (AvgIpc) is 3.65. The number of alkyl halides is 1. The number of nitrogens with one attached hydrogen (secondary N) is 1. The smallest absolute Gasteiger partial charge is 0.341 e. The molecule has 1 aliphatic carbocycles. The van der Waals surface area contributed by atoms with Gasteiger partial charge in [-0.05, 0) is 43.7 Å². The number of hydrogen-bond acceptors (Lipinski definition) is 7. The molecule has 4 aromatic heterocycles. The lowest BCUT2D eigenvalue weighted by molar-refractivity contribution is 0.0695. The Labute approximate surface area is 214 Å². The first-order chi connectivity index (χ1) is 17.8. The summed E-state index contributed by atoms with van der Waals surface area (Å²) in [6.45, 7) is 1.30. The van der Waals surface area contributed by atoms with Crippen LogP contribution in [0.5, 0.6) is 0 Å². The van der Waals surface area contributed by atoms with Gasteiger partial charge in [-0.25, -0.2) is 19.2 Å². The second-order valence-electron chi connectivity index (χ2n) is 9.16. The van der Waals surface area contributed by atoms with Crippen LogP contribution in [-0.2, 0) is 0 Å². The van der Waals surface area contributed by atoms with Crippen molar-refractivity contribution in [3.63, 3.8) is 0 Å². The number of hydrogen-bond donors (Lipinski definition) is 3. The number of nitrogens with two attached hydrogens (primary N) is 1. The highest BCUT2D eigenvalue weighted by Gasteiger charge is 2.34. The molecule has 12 heteroatoms. The molecule has 0 aromatic carbocycles. The molecule has 2 fully saturated rings. The quantitative estimate of drug-likeness (QED) is 0.344. The van der Waals surface area contributed by atoms with Crippen LogP contribution in [0.1, 0.15) is 29.2 Å². The van der Waals surface area contributed by atoms with E-state index in [1.807, 2.05) is 12.1 Å². The first-order valence-electron chi connectivity index (χ1n) is 11.8. The third kappa shape index (κ3) is 4.92. The van der Waals surface area contributed by atoms with E-state index >= 15 is 0 Å². The molecule has 1 saturated carbocycles. The highest BCUT2D eigenvalue weighted by atomic mass is 35.5. The van der Waals surface area contributed by atoms with Crippen LogP contribution in [0.2, 0.25) is 0 Å². The van der Waals surface area contributed by atoms with Crippen molar-refractivity contribution in [3.05, 3.63) is 74.7 Å². The van der Waals surface area contributed by atoms with E-state index in [2.05, 4.69) is 15.0 Å². The van der Waals surface area contributed by atoms with Crippen LogP contribution in [-0.4, -0.2) is 55.6 Å². The molecular formula is C25H24ClFN6O4. The van der Waals surface area contributed by atoms with Crippen LogP contribution in [0, 0.1) is 11.7 Å². The van der Waals surface area contributed by atoms with Crippen LogP contribution in [0.4, 0.5) is 10.2 Å². The first-order valence-corrected chi connectivity index (χ1v) is 12.2. The predicted molar refractivity (Wildman–Crippen MR) is 138 cm³/mol. The van der Waals surface area contributed by atoms with E-state index in [-0.39, 0.29) is 39.7 Å². The van der Waals surface area contributed by atoms with E-state index in [1.54, 1.807) is 21.7 Å². The number of carboxylic acid groups (broad SMARTS) is 1. The molecule has 192 valence electrons. The maximum Gasteiger partial charge on any atom is 0.341 e. The number of halogens is 2. The van der Waals surface area contributed by atoms with Crippen molar-refractivity contribution in [2.75, 3.05) is 24.5 Å². The molecule has 1 aliphatic heterocycles.